The molecule has 13 nitrogen and oxygen atoms in total. The van der Waals surface area contributed by atoms with Crippen LogP contribution in [-0.4, -0.2) is 66.8 Å². The molecule has 0 saturated carbocycles. The van der Waals surface area contributed by atoms with Crippen molar-refractivity contribution in [1.82, 2.24) is 24.6 Å². The first kappa shape index (κ1) is 27.0. The molecule has 3 aromatic rings. The SMILES string of the molecule is C[n+]1ccc(-c2csc(SC3=C(C(=O)[O-])N4C(=O)[C@@H](NC(=O)/C(=N/OCF)c5nsc(N)n5)[C@H]4SC3)n2)cc1. The molecule has 0 aromatic carbocycles. The summed E-state index contributed by atoms with van der Waals surface area (Å²) in [6.45, 7) is -1.31. The van der Waals surface area contributed by atoms with E-state index in [1.807, 2.05) is 41.5 Å². The number of β-lactam (4-membered cyclic amide) rings is 1. The molecule has 0 bridgehead atoms. The monoisotopic (exact) mass is 608 g/mol. The average Bonchev–Trinajstić information content (AvgIpc) is 3.56. The predicted octanol–water partition coefficient (Wildman–Crippen LogP) is -0.130. The number of amides is 2. The maximum atomic E-state index is 13.0. The van der Waals surface area contributed by atoms with E-state index in [1.54, 1.807) is 0 Å². The number of fused-ring (bicyclic) bond motifs is 1. The largest absolute Gasteiger partial charge is 0.543 e. The van der Waals surface area contributed by atoms with Crippen LogP contribution in [0.4, 0.5) is 9.52 Å². The number of anilines is 1. The van der Waals surface area contributed by atoms with Gasteiger partial charge in [0, 0.05) is 45.3 Å². The minimum atomic E-state index is -1.52. The van der Waals surface area contributed by atoms with E-state index in [-0.39, 0.29) is 22.4 Å². The number of carbonyl (C=O) groups excluding carboxylic acids is 3. The Morgan fingerprint density at radius 2 is 2.15 bits per heavy atom. The van der Waals surface area contributed by atoms with Crippen LogP contribution in [0.25, 0.3) is 11.3 Å². The van der Waals surface area contributed by atoms with Gasteiger partial charge < -0.3 is 25.8 Å². The summed E-state index contributed by atoms with van der Waals surface area (Å²) in [6, 6.07) is 2.76. The van der Waals surface area contributed by atoms with Crippen LogP contribution in [0.5, 0.6) is 0 Å². The number of nitrogens with two attached hydrogens (primary N) is 1. The molecule has 39 heavy (non-hydrogen) atoms. The molecule has 2 atom stereocenters. The number of carboxylic acids is 1. The topological polar surface area (TPSA) is 180 Å². The van der Waals surface area contributed by atoms with Gasteiger partial charge in [-0.3, -0.25) is 14.5 Å². The predicted molar refractivity (Wildman–Crippen MR) is 140 cm³/mol. The maximum Gasteiger partial charge on any atom is 0.278 e. The number of thioether (sulfide) groups is 2. The second kappa shape index (κ2) is 11.2. The van der Waals surface area contributed by atoms with Crippen molar-refractivity contribution in [3.63, 3.8) is 0 Å². The summed E-state index contributed by atoms with van der Waals surface area (Å²) < 4.78 is 18.9. The molecule has 1 fully saturated rings. The van der Waals surface area contributed by atoms with Crippen LogP contribution in [0.2, 0.25) is 0 Å². The summed E-state index contributed by atoms with van der Waals surface area (Å²) in [5.41, 5.74) is 6.45. The first-order chi connectivity index (χ1) is 18.8. The Bertz CT molecular complexity index is 1510. The van der Waals surface area contributed by atoms with Gasteiger partial charge in [0.2, 0.25) is 11.5 Å². The fourth-order valence-corrected chi connectivity index (χ4v) is 7.58. The number of nitrogen functional groups attached to an aromatic ring is 1. The maximum absolute atomic E-state index is 13.0. The average molecular weight is 609 g/mol. The number of aryl methyl sites for hydroxylation is 1. The molecule has 2 aliphatic rings. The van der Waals surface area contributed by atoms with Gasteiger partial charge in [-0.05, 0) is 0 Å². The van der Waals surface area contributed by atoms with Crippen molar-refractivity contribution in [3.05, 3.63) is 46.3 Å². The molecule has 3 N–H and O–H groups in total. The third-order valence-electron chi connectivity index (χ3n) is 5.45. The third kappa shape index (κ3) is 5.45. The van der Waals surface area contributed by atoms with E-state index >= 15 is 0 Å². The number of hydrogen-bond donors (Lipinski definition) is 2. The van der Waals surface area contributed by atoms with Crippen molar-refractivity contribution in [2.75, 3.05) is 18.3 Å². The number of oxime groups is 1. The second-order valence-electron chi connectivity index (χ2n) is 7.91. The Kier molecular flexibility index (Phi) is 7.78. The zero-order valence-electron chi connectivity index (χ0n) is 19.8. The number of halogens is 1. The smallest absolute Gasteiger partial charge is 0.278 e. The molecule has 2 amide bonds. The van der Waals surface area contributed by atoms with Crippen molar-refractivity contribution in [1.29, 1.82) is 0 Å². The van der Waals surface area contributed by atoms with Gasteiger partial charge in [0.15, 0.2) is 21.9 Å². The van der Waals surface area contributed by atoms with Gasteiger partial charge in [-0.2, -0.15) is 9.36 Å². The fraction of sp³-hybridized carbons (Fsp3) is 0.238. The fourth-order valence-electron chi connectivity index (χ4n) is 3.69. The van der Waals surface area contributed by atoms with E-state index in [2.05, 4.69) is 29.7 Å². The van der Waals surface area contributed by atoms with Crippen LogP contribution in [-0.2, 0) is 26.3 Å². The Balaban J connectivity index is 1.32. The molecule has 3 aromatic heterocycles. The molecular formula is C21H17FN8O5S4. The Morgan fingerprint density at radius 1 is 1.38 bits per heavy atom. The van der Waals surface area contributed by atoms with Gasteiger partial charge >= 0.3 is 0 Å². The zero-order valence-corrected chi connectivity index (χ0v) is 23.0. The highest BCUT2D eigenvalue weighted by Crippen LogP contribution is 2.45. The number of alkyl halides is 1. The Morgan fingerprint density at radius 3 is 2.82 bits per heavy atom. The number of aliphatic carboxylic acids is 1. The molecule has 0 aliphatic carbocycles. The molecule has 0 unspecified atom stereocenters. The minimum Gasteiger partial charge on any atom is -0.543 e. The lowest BCUT2D eigenvalue weighted by Crippen LogP contribution is -2.71. The number of carboxylic acid groups (broad SMARTS) is 1. The third-order valence-corrected chi connectivity index (χ3v) is 9.48. The summed E-state index contributed by atoms with van der Waals surface area (Å²) in [5, 5.41) is 19.2. The Labute approximate surface area is 236 Å². The summed E-state index contributed by atoms with van der Waals surface area (Å²) in [7, 11) is 1.91. The van der Waals surface area contributed by atoms with Crippen molar-refractivity contribution in [2.24, 2.45) is 12.2 Å². The molecule has 202 valence electrons. The molecule has 0 spiro atoms. The molecule has 18 heteroatoms. The van der Waals surface area contributed by atoms with E-state index in [0.717, 1.165) is 39.5 Å². The number of pyridine rings is 1. The standard InChI is InChI=1S/C21H17FN8O5S4/c1-29-4-2-9(3-5-29)10-6-37-21(24-10)38-11-7-36-18-13(17(32)30(18)14(11)19(33)34)25-16(31)12(27-35-8-22)15-26-20(23)39-28-15/h2-6,13,18H,7-8H2,1H3,(H3-,23,25,26,28,31,33,34)/b27-12+/t13-,18-/m1/s1. The lowest BCUT2D eigenvalue weighted by Gasteiger charge is -2.50. The first-order valence-corrected chi connectivity index (χ1v) is 14.4. The van der Waals surface area contributed by atoms with E-state index in [9.17, 15) is 23.9 Å². The van der Waals surface area contributed by atoms with Crippen molar-refractivity contribution >= 4 is 75.0 Å². The normalized spacial score (nSPS) is 19.0. The molecular weight excluding hydrogens is 592 g/mol. The van der Waals surface area contributed by atoms with E-state index in [1.165, 1.54) is 23.1 Å². The van der Waals surface area contributed by atoms with Gasteiger partial charge in [0.25, 0.3) is 18.7 Å². The van der Waals surface area contributed by atoms with E-state index < -0.39 is 41.8 Å². The lowest BCUT2D eigenvalue weighted by molar-refractivity contribution is -0.671. The molecule has 5 heterocycles. The van der Waals surface area contributed by atoms with Crippen LogP contribution in [0, 0.1) is 0 Å². The van der Waals surface area contributed by atoms with Crippen LogP contribution in [0.15, 0.2) is 50.0 Å². The summed E-state index contributed by atoms with van der Waals surface area (Å²) in [5.74, 6) is -3.06. The number of nitrogens with one attached hydrogen (secondary N) is 1. The van der Waals surface area contributed by atoms with Gasteiger partial charge in [-0.1, -0.05) is 16.9 Å². The van der Waals surface area contributed by atoms with Gasteiger partial charge in [0.05, 0.1) is 17.4 Å². The summed E-state index contributed by atoms with van der Waals surface area (Å²) >= 11 is 4.55. The van der Waals surface area contributed by atoms with Crippen molar-refractivity contribution in [3.8, 4) is 11.3 Å². The Hall–Kier alpha value is -3.61. The zero-order chi connectivity index (χ0) is 27.7. The lowest BCUT2D eigenvalue weighted by atomic mass is 10.0. The minimum absolute atomic E-state index is 0.0402. The number of aromatic nitrogens is 4. The van der Waals surface area contributed by atoms with Crippen molar-refractivity contribution < 1.29 is 33.3 Å². The molecule has 2 aliphatic heterocycles. The number of rotatable bonds is 9. The highest BCUT2D eigenvalue weighted by molar-refractivity contribution is 8.07. The molecule has 1 saturated heterocycles. The number of hydrogen-bond acceptors (Lipinski definition) is 14. The first-order valence-electron chi connectivity index (χ1n) is 10.9. The quantitative estimate of drug-likeness (QED) is 0.143. The number of thiazole rings is 1. The summed E-state index contributed by atoms with van der Waals surface area (Å²) in [4.78, 5) is 52.2. The van der Waals surface area contributed by atoms with Crippen LogP contribution in [0.1, 0.15) is 5.82 Å². The van der Waals surface area contributed by atoms with Crippen LogP contribution >= 0.6 is 46.4 Å². The highest BCUT2D eigenvalue weighted by Gasteiger charge is 2.53. The van der Waals surface area contributed by atoms with E-state index in [4.69, 9.17) is 5.73 Å². The highest BCUT2D eigenvalue weighted by atomic mass is 32.2. The van der Waals surface area contributed by atoms with Gasteiger partial charge in [-0.15, -0.1) is 23.1 Å². The van der Waals surface area contributed by atoms with Gasteiger partial charge in [-0.25, -0.2) is 13.9 Å². The van der Waals surface area contributed by atoms with Crippen LogP contribution < -0.4 is 20.7 Å². The number of carbonyl (C=O) groups is 3. The van der Waals surface area contributed by atoms with E-state index in [0.29, 0.717) is 9.24 Å². The number of nitrogens with zero attached hydrogens (tertiary/aromatic N) is 6. The summed E-state index contributed by atoms with van der Waals surface area (Å²) in [6.07, 6.45) is 3.79. The van der Waals surface area contributed by atoms with Crippen molar-refractivity contribution in [2.45, 2.75) is 15.8 Å². The second-order valence-corrected chi connectivity index (χ2v) is 12.0. The molecule has 5 rings (SSSR count). The van der Waals surface area contributed by atoms with Gasteiger partial charge in [0.1, 0.15) is 18.5 Å². The molecule has 0 radical (unpaired) electrons. The van der Waals surface area contributed by atoms with Crippen LogP contribution in [0.3, 0.4) is 0 Å².